The number of rotatable bonds is 3. The van der Waals surface area contributed by atoms with Crippen LogP contribution < -0.4 is 5.73 Å². The molecule has 0 saturated carbocycles. The molecule has 0 aromatic carbocycles. The zero-order chi connectivity index (χ0) is 13.9. The molecule has 0 aliphatic carbocycles. The molecule has 2 heterocycles. The maximum atomic E-state index is 5.63. The number of aromatic nitrogens is 1. The summed E-state index contributed by atoms with van der Waals surface area (Å²) in [5.74, 6) is 0. The van der Waals surface area contributed by atoms with E-state index < -0.39 is 0 Å². The predicted molar refractivity (Wildman–Crippen MR) is 79.6 cm³/mol. The molecule has 19 heavy (non-hydrogen) atoms. The lowest BCUT2D eigenvalue weighted by Crippen LogP contribution is -2.30. The van der Waals surface area contributed by atoms with Crippen molar-refractivity contribution in [1.29, 1.82) is 0 Å². The van der Waals surface area contributed by atoms with Crippen molar-refractivity contribution in [2.75, 3.05) is 13.1 Å². The van der Waals surface area contributed by atoms with Crippen LogP contribution in [0.2, 0.25) is 0 Å². The Morgan fingerprint density at radius 3 is 2.74 bits per heavy atom. The summed E-state index contributed by atoms with van der Waals surface area (Å²) in [5.41, 5.74) is 9.81. The number of hydrogen-bond acceptors (Lipinski definition) is 3. The molecule has 0 unspecified atom stereocenters. The first-order valence-corrected chi connectivity index (χ1v) is 7.05. The summed E-state index contributed by atoms with van der Waals surface area (Å²) >= 11 is 0. The van der Waals surface area contributed by atoms with Gasteiger partial charge in [0.1, 0.15) is 0 Å². The van der Waals surface area contributed by atoms with Gasteiger partial charge in [-0.05, 0) is 29.5 Å². The lowest BCUT2D eigenvalue weighted by molar-refractivity contribution is 0.271. The Balaban J connectivity index is 1.97. The van der Waals surface area contributed by atoms with Gasteiger partial charge < -0.3 is 5.73 Å². The van der Waals surface area contributed by atoms with Crippen LogP contribution in [0.25, 0.3) is 0 Å². The molecule has 0 amide bonds. The van der Waals surface area contributed by atoms with Gasteiger partial charge >= 0.3 is 0 Å². The molecule has 104 valence electrons. The van der Waals surface area contributed by atoms with E-state index in [1.54, 1.807) is 5.57 Å². The van der Waals surface area contributed by atoms with Crippen molar-refractivity contribution in [3.63, 3.8) is 0 Å². The van der Waals surface area contributed by atoms with Crippen molar-refractivity contribution < 1.29 is 0 Å². The van der Waals surface area contributed by atoms with Crippen LogP contribution in [0.5, 0.6) is 0 Å². The molecule has 1 aromatic rings. The van der Waals surface area contributed by atoms with E-state index in [1.807, 2.05) is 6.20 Å². The highest BCUT2D eigenvalue weighted by Gasteiger charge is 2.21. The molecule has 0 bridgehead atoms. The van der Waals surface area contributed by atoms with E-state index in [0.29, 0.717) is 12.0 Å². The molecule has 0 saturated heterocycles. The van der Waals surface area contributed by atoms with Crippen molar-refractivity contribution >= 4 is 0 Å². The number of nitrogens with two attached hydrogens (primary N) is 1. The largest absolute Gasteiger partial charge is 0.325 e. The summed E-state index contributed by atoms with van der Waals surface area (Å²) in [6, 6.07) is 4.20. The fourth-order valence-electron chi connectivity index (χ4n) is 2.53. The monoisotopic (exact) mass is 259 g/mol. The van der Waals surface area contributed by atoms with Gasteiger partial charge in [0.2, 0.25) is 0 Å². The first-order valence-electron chi connectivity index (χ1n) is 7.05. The lowest BCUT2D eigenvalue weighted by atomic mass is 9.83. The SMILES string of the molecule is CC(C)(C)C1=CCN(Cc2ccnc(CN)c2)CC1. The van der Waals surface area contributed by atoms with Gasteiger partial charge in [-0.2, -0.15) is 0 Å². The molecule has 3 heteroatoms. The topological polar surface area (TPSA) is 42.2 Å². The molecule has 3 nitrogen and oxygen atoms in total. The van der Waals surface area contributed by atoms with Crippen molar-refractivity contribution in [2.24, 2.45) is 11.1 Å². The normalized spacial score (nSPS) is 17.4. The molecule has 1 aromatic heterocycles. The van der Waals surface area contributed by atoms with Crippen LogP contribution >= 0.6 is 0 Å². The molecular weight excluding hydrogens is 234 g/mol. The van der Waals surface area contributed by atoms with Gasteiger partial charge in [-0.25, -0.2) is 0 Å². The first kappa shape index (κ1) is 14.2. The zero-order valence-corrected chi connectivity index (χ0v) is 12.3. The van der Waals surface area contributed by atoms with E-state index in [0.717, 1.165) is 25.3 Å². The number of nitrogens with zero attached hydrogens (tertiary/aromatic N) is 2. The van der Waals surface area contributed by atoms with Gasteiger partial charge in [0.15, 0.2) is 0 Å². The highest BCUT2D eigenvalue weighted by atomic mass is 15.1. The average Bonchev–Trinajstić information content (AvgIpc) is 2.38. The lowest BCUT2D eigenvalue weighted by Gasteiger charge is -2.32. The Hall–Kier alpha value is -1.19. The first-order chi connectivity index (χ1) is 8.99. The molecule has 0 fully saturated rings. The molecule has 1 aliphatic heterocycles. The molecule has 1 aliphatic rings. The summed E-state index contributed by atoms with van der Waals surface area (Å²) in [4.78, 5) is 6.72. The van der Waals surface area contributed by atoms with Crippen molar-refractivity contribution in [3.8, 4) is 0 Å². The summed E-state index contributed by atoms with van der Waals surface area (Å²) in [5, 5.41) is 0. The van der Waals surface area contributed by atoms with E-state index in [4.69, 9.17) is 5.73 Å². The van der Waals surface area contributed by atoms with Crippen LogP contribution in [-0.4, -0.2) is 23.0 Å². The molecule has 0 spiro atoms. The smallest absolute Gasteiger partial charge is 0.0542 e. The Morgan fingerprint density at radius 2 is 2.16 bits per heavy atom. The Kier molecular flexibility index (Phi) is 4.38. The van der Waals surface area contributed by atoms with Gasteiger partial charge in [-0.15, -0.1) is 0 Å². The molecule has 0 radical (unpaired) electrons. The number of hydrogen-bond donors (Lipinski definition) is 1. The van der Waals surface area contributed by atoms with E-state index >= 15 is 0 Å². The van der Waals surface area contributed by atoms with E-state index in [-0.39, 0.29) is 0 Å². The van der Waals surface area contributed by atoms with Crippen LogP contribution in [0.3, 0.4) is 0 Å². The summed E-state index contributed by atoms with van der Waals surface area (Å²) in [7, 11) is 0. The van der Waals surface area contributed by atoms with E-state index in [1.165, 1.54) is 12.0 Å². The second-order valence-corrected chi connectivity index (χ2v) is 6.32. The molecular formula is C16H25N3. The number of pyridine rings is 1. The van der Waals surface area contributed by atoms with E-state index in [9.17, 15) is 0 Å². The van der Waals surface area contributed by atoms with Crippen molar-refractivity contribution in [3.05, 3.63) is 41.2 Å². The third kappa shape index (κ3) is 3.88. The quantitative estimate of drug-likeness (QED) is 0.849. The standard InChI is InChI=1S/C16H25N3/c1-16(2,3)14-5-8-19(9-6-14)12-13-4-7-18-15(10-13)11-17/h4-5,7,10H,6,8-9,11-12,17H2,1-3H3. The third-order valence-electron chi connectivity index (χ3n) is 3.75. The summed E-state index contributed by atoms with van der Waals surface area (Å²) in [6.07, 6.45) is 5.44. The van der Waals surface area contributed by atoms with Crippen LogP contribution in [-0.2, 0) is 13.1 Å². The second kappa shape index (κ2) is 5.85. The maximum Gasteiger partial charge on any atom is 0.0542 e. The van der Waals surface area contributed by atoms with Crippen molar-refractivity contribution in [1.82, 2.24) is 9.88 Å². The molecule has 0 atom stereocenters. The van der Waals surface area contributed by atoms with Crippen molar-refractivity contribution in [2.45, 2.75) is 40.3 Å². The fourth-order valence-corrected chi connectivity index (χ4v) is 2.53. The predicted octanol–water partition coefficient (Wildman–Crippen LogP) is 2.72. The summed E-state index contributed by atoms with van der Waals surface area (Å²) in [6.45, 7) is 10.6. The minimum absolute atomic E-state index is 0.315. The minimum atomic E-state index is 0.315. The van der Waals surface area contributed by atoms with E-state index in [2.05, 4.69) is 48.9 Å². The molecule has 2 N–H and O–H groups in total. The maximum absolute atomic E-state index is 5.63. The van der Waals surface area contributed by atoms with Crippen LogP contribution in [0.4, 0.5) is 0 Å². The second-order valence-electron chi connectivity index (χ2n) is 6.32. The van der Waals surface area contributed by atoms with Crippen LogP contribution in [0.1, 0.15) is 38.4 Å². The van der Waals surface area contributed by atoms with Gasteiger partial charge in [0, 0.05) is 32.4 Å². The van der Waals surface area contributed by atoms with Crippen LogP contribution in [0.15, 0.2) is 30.0 Å². The Labute approximate surface area is 116 Å². The highest BCUT2D eigenvalue weighted by Crippen LogP contribution is 2.30. The Morgan fingerprint density at radius 1 is 1.37 bits per heavy atom. The van der Waals surface area contributed by atoms with Crippen LogP contribution in [0, 0.1) is 5.41 Å². The zero-order valence-electron chi connectivity index (χ0n) is 12.3. The van der Waals surface area contributed by atoms with Gasteiger partial charge in [0.05, 0.1) is 5.69 Å². The van der Waals surface area contributed by atoms with Gasteiger partial charge in [0.25, 0.3) is 0 Å². The minimum Gasteiger partial charge on any atom is -0.325 e. The molecule has 2 rings (SSSR count). The summed E-state index contributed by atoms with van der Waals surface area (Å²) < 4.78 is 0. The average molecular weight is 259 g/mol. The van der Waals surface area contributed by atoms with Gasteiger partial charge in [-0.1, -0.05) is 32.4 Å². The third-order valence-corrected chi connectivity index (χ3v) is 3.75. The van der Waals surface area contributed by atoms with Gasteiger partial charge in [-0.3, -0.25) is 9.88 Å². The Bertz CT molecular complexity index is 457. The fraction of sp³-hybridized carbons (Fsp3) is 0.562. The highest BCUT2D eigenvalue weighted by molar-refractivity contribution is 5.18.